The van der Waals surface area contributed by atoms with Gasteiger partial charge in [0.15, 0.2) is 0 Å². The third kappa shape index (κ3) is 3.75. The number of nitrogens with one attached hydrogen (secondary N) is 1. The molecule has 1 N–H and O–H groups in total. The smallest absolute Gasteiger partial charge is 0.229 e. The van der Waals surface area contributed by atoms with Crippen LogP contribution >= 0.6 is 23.2 Å². The maximum Gasteiger partial charge on any atom is 0.229 e. The zero-order valence-corrected chi connectivity index (χ0v) is 14.2. The summed E-state index contributed by atoms with van der Waals surface area (Å²) >= 11 is 11.4. The first-order valence-corrected chi connectivity index (χ1v) is 8.12. The zero-order chi connectivity index (χ0) is 18.1. The molecule has 4 nitrogen and oxygen atoms in total. The third-order valence-electron chi connectivity index (χ3n) is 3.90. The Balaban J connectivity index is 1.71. The Morgan fingerprint density at radius 1 is 1.08 bits per heavy atom. The van der Waals surface area contributed by atoms with Gasteiger partial charge in [-0.25, -0.2) is 8.78 Å². The van der Waals surface area contributed by atoms with Gasteiger partial charge < -0.3 is 10.2 Å². The SMILES string of the molecule is O=C(Nc1ccc(F)c(Cl)c1)C1CC(=O)N(c2ccc(F)c(Cl)c2)C1. The average Bonchev–Trinajstić information content (AvgIpc) is 2.95. The largest absolute Gasteiger partial charge is 0.326 e. The molecule has 25 heavy (non-hydrogen) atoms. The van der Waals surface area contributed by atoms with Crippen molar-refractivity contribution >= 4 is 46.4 Å². The molecule has 0 spiro atoms. The van der Waals surface area contributed by atoms with E-state index in [0.29, 0.717) is 11.4 Å². The second-order valence-electron chi connectivity index (χ2n) is 5.62. The summed E-state index contributed by atoms with van der Waals surface area (Å²) in [5, 5.41) is 2.40. The zero-order valence-electron chi connectivity index (χ0n) is 12.7. The van der Waals surface area contributed by atoms with E-state index in [1.165, 1.54) is 35.2 Å². The van der Waals surface area contributed by atoms with Crippen molar-refractivity contribution in [1.82, 2.24) is 0 Å². The highest BCUT2D eigenvalue weighted by Gasteiger charge is 2.35. The Hall–Kier alpha value is -2.18. The van der Waals surface area contributed by atoms with Gasteiger partial charge in [-0.2, -0.15) is 0 Å². The molecular formula is C17H12Cl2F2N2O2. The van der Waals surface area contributed by atoms with Crippen LogP contribution in [0, 0.1) is 17.6 Å². The minimum Gasteiger partial charge on any atom is -0.326 e. The number of hydrogen-bond donors (Lipinski definition) is 1. The van der Waals surface area contributed by atoms with Gasteiger partial charge in [0.25, 0.3) is 0 Å². The molecule has 0 bridgehead atoms. The molecule has 1 fully saturated rings. The topological polar surface area (TPSA) is 49.4 Å². The van der Waals surface area contributed by atoms with E-state index in [-0.39, 0.29) is 34.8 Å². The molecule has 0 saturated carbocycles. The Kier molecular flexibility index (Phi) is 4.92. The van der Waals surface area contributed by atoms with Crippen molar-refractivity contribution in [2.45, 2.75) is 6.42 Å². The normalized spacial score (nSPS) is 17.0. The number of nitrogens with zero attached hydrogens (tertiary/aromatic N) is 1. The van der Waals surface area contributed by atoms with Gasteiger partial charge in [0.1, 0.15) is 11.6 Å². The third-order valence-corrected chi connectivity index (χ3v) is 4.48. The minimum atomic E-state index is -0.597. The second-order valence-corrected chi connectivity index (χ2v) is 6.44. The predicted molar refractivity (Wildman–Crippen MR) is 91.9 cm³/mol. The first-order valence-electron chi connectivity index (χ1n) is 7.36. The summed E-state index contributed by atoms with van der Waals surface area (Å²) in [5.74, 6) is -2.42. The summed E-state index contributed by atoms with van der Waals surface area (Å²) in [4.78, 5) is 25.9. The number of amides is 2. The molecule has 1 aliphatic rings. The summed E-state index contributed by atoms with van der Waals surface area (Å²) in [5.41, 5.74) is 0.767. The van der Waals surface area contributed by atoms with Crippen LogP contribution in [0.5, 0.6) is 0 Å². The summed E-state index contributed by atoms with van der Waals surface area (Å²) < 4.78 is 26.4. The average molecular weight is 385 g/mol. The number of benzene rings is 2. The molecular weight excluding hydrogens is 373 g/mol. The van der Waals surface area contributed by atoms with Gasteiger partial charge >= 0.3 is 0 Å². The molecule has 2 amide bonds. The maximum absolute atomic E-state index is 13.3. The van der Waals surface area contributed by atoms with E-state index in [1.807, 2.05) is 0 Å². The van der Waals surface area contributed by atoms with Crippen LogP contribution in [-0.4, -0.2) is 18.4 Å². The Morgan fingerprint density at radius 2 is 1.72 bits per heavy atom. The van der Waals surface area contributed by atoms with Crippen LogP contribution in [0.1, 0.15) is 6.42 Å². The summed E-state index contributed by atoms with van der Waals surface area (Å²) in [6.07, 6.45) is 0.00968. The Bertz CT molecular complexity index is 861. The second kappa shape index (κ2) is 6.98. The summed E-state index contributed by atoms with van der Waals surface area (Å²) in [7, 11) is 0. The number of anilines is 2. The van der Waals surface area contributed by atoms with E-state index in [1.54, 1.807) is 0 Å². The van der Waals surface area contributed by atoms with E-state index >= 15 is 0 Å². The van der Waals surface area contributed by atoms with Gasteiger partial charge in [0.05, 0.1) is 16.0 Å². The van der Waals surface area contributed by atoms with Crippen molar-refractivity contribution in [3.05, 3.63) is 58.1 Å². The lowest BCUT2D eigenvalue weighted by atomic mass is 10.1. The van der Waals surface area contributed by atoms with Crippen LogP contribution in [-0.2, 0) is 9.59 Å². The van der Waals surface area contributed by atoms with Crippen molar-refractivity contribution < 1.29 is 18.4 Å². The van der Waals surface area contributed by atoms with Crippen molar-refractivity contribution in [2.75, 3.05) is 16.8 Å². The Labute approximate surface area is 152 Å². The molecule has 130 valence electrons. The fourth-order valence-corrected chi connectivity index (χ4v) is 2.96. The van der Waals surface area contributed by atoms with Gasteiger partial charge in [-0.1, -0.05) is 23.2 Å². The number of carbonyl (C=O) groups excluding carboxylic acids is 2. The highest BCUT2D eigenvalue weighted by atomic mass is 35.5. The lowest BCUT2D eigenvalue weighted by Crippen LogP contribution is -2.28. The molecule has 3 rings (SSSR count). The highest BCUT2D eigenvalue weighted by Crippen LogP contribution is 2.29. The summed E-state index contributed by atoms with van der Waals surface area (Å²) in [6.45, 7) is 0.140. The molecule has 8 heteroatoms. The maximum atomic E-state index is 13.3. The molecule has 1 saturated heterocycles. The van der Waals surface area contributed by atoms with Gasteiger partial charge in [0.2, 0.25) is 11.8 Å². The van der Waals surface area contributed by atoms with Gasteiger partial charge in [-0.05, 0) is 36.4 Å². The first-order chi connectivity index (χ1) is 11.8. The van der Waals surface area contributed by atoms with E-state index < -0.39 is 17.6 Å². The molecule has 2 aromatic rings. The van der Waals surface area contributed by atoms with Crippen molar-refractivity contribution in [3.8, 4) is 0 Å². The molecule has 0 radical (unpaired) electrons. The molecule has 1 atom stereocenters. The van der Waals surface area contributed by atoms with E-state index in [2.05, 4.69) is 5.32 Å². The van der Waals surface area contributed by atoms with E-state index in [0.717, 1.165) is 6.07 Å². The first kappa shape index (κ1) is 17.6. The molecule has 1 unspecified atom stereocenters. The number of hydrogen-bond acceptors (Lipinski definition) is 2. The number of carbonyl (C=O) groups is 2. The number of rotatable bonds is 3. The molecule has 2 aromatic carbocycles. The molecule has 0 aromatic heterocycles. The fraction of sp³-hybridized carbons (Fsp3) is 0.176. The minimum absolute atomic E-state index is 0.00968. The fourth-order valence-electron chi connectivity index (χ4n) is 2.60. The van der Waals surface area contributed by atoms with Crippen molar-refractivity contribution in [1.29, 1.82) is 0 Å². The van der Waals surface area contributed by atoms with Crippen LogP contribution in [0.15, 0.2) is 36.4 Å². The highest BCUT2D eigenvalue weighted by molar-refractivity contribution is 6.31. The van der Waals surface area contributed by atoms with Crippen LogP contribution < -0.4 is 10.2 Å². The van der Waals surface area contributed by atoms with E-state index in [9.17, 15) is 18.4 Å². The lowest BCUT2D eigenvalue weighted by Gasteiger charge is -2.17. The van der Waals surface area contributed by atoms with E-state index in [4.69, 9.17) is 23.2 Å². The van der Waals surface area contributed by atoms with Crippen molar-refractivity contribution in [3.63, 3.8) is 0 Å². The molecule has 1 aliphatic heterocycles. The van der Waals surface area contributed by atoms with Gasteiger partial charge in [-0.3, -0.25) is 9.59 Å². The summed E-state index contributed by atoms with van der Waals surface area (Å²) in [6, 6.07) is 7.76. The van der Waals surface area contributed by atoms with Crippen LogP contribution in [0.3, 0.4) is 0 Å². The van der Waals surface area contributed by atoms with Crippen LogP contribution in [0.2, 0.25) is 10.0 Å². The van der Waals surface area contributed by atoms with Crippen LogP contribution in [0.4, 0.5) is 20.2 Å². The Morgan fingerprint density at radius 3 is 2.36 bits per heavy atom. The monoisotopic (exact) mass is 384 g/mol. The van der Waals surface area contributed by atoms with Crippen LogP contribution in [0.25, 0.3) is 0 Å². The van der Waals surface area contributed by atoms with Gasteiger partial charge in [-0.15, -0.1) is 0 Å². The molecule has 0 aliphatic carbocycles. The lowest BCUT2D eigenvalue weighted by molar-refractivity contribution is -0.122. The molecule has 1 heterocycles. The predicted octanol–water partition coefficient (Wildman–Crippen LogP) is 4.26. The van der Waals surface area contributed by atoms with Crippen molar-refractivity contribution in [2.24, 2.45) is 5.92 Å². The standard InChI is InChI=1S/C17H12Cl2F2N2O2/c18-12-6-10(1-3-14(12)20)22-17(25)9-5-16(24)23(8-9)11-2-4-15(21)13(19)7-11/h1-4,6-7,9H,5,8H2,(H,22,25). The quantitative estimate of drug-likeness (QED) is 0.858. The number of halogens is 4. The van der Waals surface area contributed by atoms with Gasteiger partial charge in [0, 0.05) is 24.3 Å².